The Morgan fingerprint density at radius 2 is 2.08 bits per heavy atom. The van der Waals surface area contributed by atoms with E-state index in [4.69, 9.17) is 4.74 Å². The van der Waals surface area contributed by atoms with Gasteiger partial charge in [-0.15, -0.1) is 11.3 Å². The molecule has 1 aromatic heterocycles. The van der Waals surface area contributed by atoms with Gasteiger partial charge in [-0.05, 0) is 30.5 Å². The summed E-state index contributed by atoms with van der Waals surface area (Å²) in [5.74, 6) is 2.19. The highest BCUT2D eigenvalue weighted by Crippen LogP contribution is 2.14. The Kier molecular flexibility index (Phi) is 7.06. The molecular formula is C18H26N4OS. The van der Waals surface area contributed by atoms with Crippen molar-refractivity contribution in [3.8, 4) is 5.75 Å². The van der Waals surface area contributed by atoms with Crippen LogP contribution in [0.1, 0.15) is 29.3 Å². The van der Waals surface area contributed by atoms with Gasteiger partial charge in [0.15, 0.2) is 5.96 Å². The van der Waals surface area contributed by atoms with Crippen molar-refractivity contribution >= 4 is 17.3 Å². The van der Waals surface area contributed by atoms with E-state index >= 15 is 0 Å². The van der Waals surface area contributed by atoms with Crippen molar-refractivity contribution in [2.75, 3.05) is 13.7 Å². The molecule has 6 heteroatoms. The summed E-state index contributed by atoms with van der Waals surface area (Å²) in [5.41, 5.74) is 1.16. The Hall–Kier alpha value is -2.08. The second kappa shape index (κ2) is 9.27. The predicted molar refractivity (Wildman–Crippen MR) is 101 cm³/mol. The maximum atomic E-state index is 5.77. The van der Waals surface area contributed by atoms with Crippen LogP contribution >= 0.6 is 11.3 Å². The molecule has 0 aliphatic rings. The zero-order chi connectivity index (χ0) is 17.4. The number of rotatable bonds is 7. The van der Waals surface area contributed by atoms with Gasteiger partial charge in [0.25, 0.3) is 0 Å². The van der Waals surface area contributed by atoms with Gasteiger partial charge in [0.2, 0.25) is 0 Å². The minimum absolute atomic E-state index is 0.518. The first-order chi connectivity index (χ1) is 11.6. The van der Waals surface area contributed by atoms with Crippen LogP contribution in [0.2, 0.25) is 0 Å². The SMILES string of the molecule is CN=C(NCc1cccc(OCC(C)C)c1)NCc1ncc(C)s1. The fraction of sp³-hybridized carbons (Fsp3) is 0.444. The molecule has 2 rings (SSSR count). The summed E-state index contributed by atoms with van der Waals surface area (Å²) in [5, 5.41) is 7.65. The van der Waals surface area contributed by atoms with Crippen molar-refractivity contribution in [2.45, 2.75) is 33.9 Å². The maximum Gasteiger partial charge on any atom is 0.191 e. The lowest BCUT2D eigenvalue weighted by atomic mass is 10.2. The van der Waals surface area contributed by atoms with Crippen LogP contribution in [0.15, 0.2) is 35.5 Å². The van der Waals surface area contributed by atoms with Crippen LogP contribution in [0.3, 0.4) is 0 Å². The van der Waals surface area contributed by atoms with E-state index < -0.39 is 0 Å². The zero-order valence-electron chi connectivity index (χ0n) is 14.8. The molecule has 0 radical (unpaired) electrons. The van der Waals surface area contributed by atoms with E-state index in [1.54, 1.807) is 18.4 Å². The first kappa shape index (κ1) is 18.3. The van der Waals surface area contributed by atoms with Gasteiger partial charge in [0, 0.05) is 24.7 Å². The number of nitrogens with one attached hydrogen (secondary N) is 2. The molecule has 0 amide bonds. The van der Waals surface area contributed by atoms with E-state index in [1.807, 2.05) is 18.3 Å². The summed E-state index contributed by atoms with van der Waals surface area (Å²) in [7, 11) is 1.77. The van der Waals surface area contributed by atoms with Gasteiger partial charge in [-0.3, -0.25) is 4.99 Å². The molecule has 1 aromatic carbocycles. The van der Waals surface area contributed by atoms with Gasteiger partial charge in [0.1, 0.15) is 10.8 Å². The van der Waals surface area contributed by atoms with E-state index in [-0.39, 0.29) is 0 Å². The lowest BCUT2D eigenvalue weighted by Crippen LogP contribution is -2.36. The van der Waals surface area contributed by atoms with Gasteiger partial charge in [-0.2, -0.15) is 0 Å². The van der Waals surface area contributed by atoms with E-state index in [9.17, 15) is 0 Å². The standard InChI is InChI=1S/C18H26N4OS/c1-13(2)12-23-16-7-5-6-15(8-16)10-21-18(19-4)22-11-17-20-9-14(3)24-17/h5-9,13H,10-12H2,1-4H3,(H2,19,21,22). The fourth-order valence-electron chi connectivity index (χ4n) is 2.06. The summed E-state index contributed by atoms with van der Waals surface area (Å²) in [6, 6.07) is 8.14. The molecule has 0 bridgehead atoms. The number of guanidine groups is 1. The number of benzene rings is 1. The molecule has 0 fully saturated rings. The van der Waals surface area contributed by atoms with E-state index in [2.05, 4.69) is 53.5 Å². The third-order valence-electron chi connectivity index (χ3n) is 3.24. The number of hydrogen-bond donors (Lipinski definition) is 2. The van der Waals surface area contributed by atoms with Crippen molar-refractivity contribution in [1.82, 2.24) is 15.6 Å². The van der Waals surface area contributed by atoms with Gasteiger partial charge in [-0.1, -0.05) is 26.0 Å². The summed E-state index contributed by atoms with van der Waals surface area (Å²) < 4.78 is 5.77. The molecule has 5 nitrogen and oxygen atoms in total. The molecule has 0 atom stereocenters. The number of aromatic nitrogens is 1. The van der Waals surface area contributed by atoms with Crippen molar-refractivity contribution in [3.05, 3.63) is 45.9 Å². The van der Waals surface area contributed by atoms with Gasteiger partial charge in [0.05, 0.1) is 13.2 Å². The first-order valence-electron chi connectivity index (χ1n) is 8.14. The summed E-state index contributed by atoms with van der Waals surface area (Å²) in [6.45, 7) is 8.44. The minimum Gasteiger partial charge on any atom is -0.493 e. The van der Waals surface area contributed by atoms with Crippen molar-refractivity contribution < 1.29 is 4.74 Å². The Morgan fingerprint density at radius 3 is 2.75 bits per heavy atom. The van der Waals surface area contributed by atoms with Gasteiger partial charge < -0.3 is 15.4 Å². The van der Waals surface area contributed by atoms with Crippen molar-refractivity contribution in [1.29, 1.82) is 0 Å². The molecule has 2 N–H and O–H groups in total. The number of thiazole rings is 1. The van der Waals surface area contributed by atoms with Gasteiger partial charge in [-0.25, -0.2) is 4.98 Å². The first-order valence-corrected chi connectivity index (χ1v) is 8.96. The summed E-state index contributed by atoms with van der Waals surface area (Å²) >= 11 is 1.69. The normalized spacial score (nSPS) is 11.6. The Labute approximate surface area is 148 Å². The molecular weight excluding hydrogens is 320 g/mol. The van der Waals surface area contributed by atoms with Crippen LogP contribution in [0.25, 0.3) is 0 Å². The molecule has 1 heterocycles. The van der Waals surface area contributed by atoms with Crippen LogP contribution < -0.4 is 15.4 Å². The highest BCUT2D eigenvalue weighted by molar-refractivity contribution is 7.11. The van der Waals surface area contributed by atoms with Crippen LogP contribution in [0, 0.1) is 12.8 Å². The van der Waals surface area contributed by atoms with Crippen LogP contribution in [-0.2, 0) is 13.1 Å². The van der Waals surface area contributed by atoms with Gasteiger partial charge >= 0.3 is 0 Å². The molecule has 0 unspecified atom stereocenters. The number of aliphatic imine (C=N–C) groups is 1. The number of ether oxygens (including phenoxy) is 1. The molecule has 0 spiro atoms. The lowest BCUT2D eigenvalue weighted by molar-refractivity contribution is 0.271. The summed E-state index contributed by atoms with van der Waals surface area (Å²) in [6.07, 6.45) is 1.89. The second-order valence-corrected chi connectivity index (χ2v) is 7.32. The zero-order valence-corrected chi connectivity index (χ0v) is 15.6. The van der Waals surface area contributed by atoms with Crippen LogP contribution in [-0.4, -0.2) is 24.6 Å². The fourth-order valence-corrected chi connectivity index (χ4v) is 2.78. The molecule has 130 valence electrons. The van der Waals surface area contributed by atoms with Crippen molar-refractivity contribution in [3.63, 3.8) is 0 Å². The summed E-state index contributed by atoms with van der Waals surface area (Å²) in [4.78, 5) is 9.81. The molecule has 2 aromatic rings. The van der Waals surface area contributed by atoms with Crippen LogP contribution in [0.5, 0.6) is 5.75 Å². The minimum atomic E-state index is 0.518. The highest BCUT2D eigenvalue weighted by Gasteiger charge is 2.03. The lowest BCUT2D eigenvalue weighted by Gasteiger charge is -2.13. The largest absolute Gasteiger partial charge is 0.493 e. The number of aryl methyl sites for hydroxylation is 1. The average molecular weight is 347 g/mol. The molecule has 24 heavy (non-hydrogen) atoms. The highest BCUT2D eigenvalue weighted by atomic mass is 32.1. The third-order valence-corrected chi connectivity index (χ3v) is 4.15. The van der Waals surface area contributed by atoms with E-state index in [1.165, 1.54) is 4.88 Å². The Bertz CT molecular complexity index is 667. The quantitative estimate of drug-likeness (QED) is 0.596. The second-order valence-electron chi connectivity index (χ2n) is 6.00. The monoisotopic (exact) mass is 346 g/mol. The third kappa shape index (κ3) is 6.20. The average Bonchev–Trinajstić information content (AvgIpc) is 2.99. The number of nitrogens with zero attached hydrogens (tertiary/aromatic N) is 2. The smallest absolute Gasteiger partial charge is 0.191 e. The maximum absolute atomic E-state index is 5.77. The Morgan fingerprint density at radius 1 is 1.29 bits per heavy atom. The molecule has 0 aliphatic carbocycles. The number of hydrogen-bond acceptors (Lipinski definition) is 4. The van der Waals surface area contributed by atoms with Crippen molar-refractivity contribution in [2.24, 2.45) is 10.9 Å². The predicted octanol–water partition coefficient (Wildman–Crippen LogP) is 3.35. The Balaban J connectivity index is 1.83. The molecule has 0 aliphatic heterocycles. The van der Waals surface area contributed by atoms with Crippen LogP contribution in [0.4, 0.5) is 0 Å². The topological polar surface area (TPSA) is 58.5 Å². The molecule has 0 saturated carbocycles. The van der Waals surface area contributed by atoms with E-state index in [0.717, 1.165) is 28.9 Å². The molecule has 0 saturated heterocycles. The van der Waals surface area contributed by atoms with E-state index in [0.29, 0.717) is 19.0 Å².